The first-order chi connectivity index (χ1) is 16.1. The Morgan fingerprint density at radius 1 is 0.788 bits per heavy atom. The lowest BCUT2D eigenvalue weighted by molar-refractivity contribution is 0.929. The van der Waals surface area contributed by atoms with Crippen LogP contribution in [0.5, 0.6) is 0 Å². The summed E-state index contributed by atoms with van der Waals surface area (Å²) in [6, 6.07) is 25.7. The SMILES string of the molecule is C/C=C\c1c(-c2cc(-c3ccccc3)cc(CC)n2)nc(C)c(C)c1CCc1ccccc1. The Morgan fingerprint density at radius 2 is 1.48 bits per heavy atom. The van der Waals surface area contributed by atoms with Crippen LogP contribution in [0.3, 0.4) is 0 Å². The zero-order valence-corrected chi connectivity index (χ0v) is 20.1. The van der Waals surface area contributed by atoms with Crippen LogP contribution in [0.4, 0.5) is 0 Å². The number of hydrogen-bond acceptors (Lipinski definition) is 2. The van der Waals surface area contributed by atoms with Crippen molar-refractivity contribution < 1.29 is 0 Å². The van der Waals surface area contributed by atoms with Crippen molar-refractivity contribution in [3.8, 4) is 22.5 Å². The van der Waals surface area contributed by atoms with Gasteiger partial charge in [0.15, 0.2) is 0 Å². The molecule has 0 atom stereocenters. The van der Waals surface area contributed by atoms with Crippen LogP contribution in [0.1, 0.15) is 47.5 Å². The molecule has 0 aliphatic rings. The van der Waals surface area contributed by atoms with E-state index in [4.69, 9.17) is 9.97 Å². The number of allylic oxidation sites excluding steroid dienone is 1. The highest BCUT2D eigenvalue weighted by Crippen LogP contribution is 2.32. The van der Waals surface area contributed by atoms with E-state index in [9.17, 15) is 0 Å². The minimum absolute atomic E-state index is 0.887. The second kappa shape index (κ2) is 10.4. The van der Waals surface area contributed by atoms with Gasteiger partial charge in [0.25, 0.3) is 0 Å². The minimum atomic E-state index is 0.887. The van der Waals surface area contributed by atoms with Gasteiger partial charge in [-0.2, -0.15) is 0 Å². The highest BCUT2D eigenvalue weighted by molar-refractivity contribution is 5.77. The molecule has 4 rings (SSSR count). The highest BCUT2D eigenvalue weighted by Gasteiger charge is 2.17. The Bertz CT molecular complexity index is 1260. The fraction of sp³-hybridized carbons (Fsp3) is 0.226. The molecule has 2 aromatic carbocycles. The number of hydrogen-bond donors (Lipinski definition) is 0. The van der Waals surface area contributed by atoms with Crippen molar-refractivity contribution in [2.45, 2.75) is 47.0 Å². The van der Waals surface area contributed by atoms with Crippen LogP contribution in [0.25, 0.3) is 28.6 Å². The van der Waals surface area contributed by atoms with E-state index >= 15 is 0 Å². The summed E-state index contributed by atoms with van der Waals surface area (Å²) in [5.41, 5.74) is 11.7. The number of nitrogens with zero attached hydrogens (tertiary/aromatic N) is 2. The van der Waals surface area contributed by atoms with Crippen molar-refractivity contribution in [1.29, 1.82) is 0 Å². The average Bonchev–Trinajstić information content (AvgIpc) is 2.86. The van der Waals surface area contributed by atoms with Gasteiger partial charge in [-0.05, 0) is 80.0 Å². The summed E-state index contributed by atoms with van der Waals surface area (Å²) in [7, 11) is 0. The van der Waals surface area contributed by atoms with E-state index in [0.717, 1.165) is 42.0 Å². The van der Waals surface area contributed by atoms with Gasteiger partial charge in [-0.1, -0.05) is 79.7 Å². The maximum absolute atomic E-state index is 5.07. The molecule has 0 aliphatic heterocycles. The zero-order valence-electron chi connectivity index (χ0n) is 20.1. The lowest BCUT2D eigenvalue weighted by Gasteiger charge is -2.18. The lowest BCUT2D eigenvalue weighted by Crippen LogP contribution is -2.06. The molecule has 2 nitrogen and oxygen atoms in total. The maximum Gasteiger partial charge on any atom is 0.0964 e. The molecule has 0 amide bonds. The number of aryl methyl sites for hydroxylation is 3. The molecule has 0 saturated carbocycles. The molecule has 2 heterocycles. The first-order valence-electron chi connectivity index (χ1n) is 11.8. The van der Waals surface area contributed by atoms with Gasteiger partial charge >= 0.3 is 0 Å². The fourth-order valence-corrected chi connectivity index (χ4v) is 4.34. The molecule has 2 aromatic heterocycles. The summed E-state index contributed by atoms with van der Waals surface area (Å²) < 4.78 is 0. The molecule has 0 saturated heterocycles. The second-order valence-electron chi connectivity index (χ2n) is 8.50. The average molecular weight is 433 g/mol. The number of pyridine rings is 2. The van der Waals surface area contributed by atoms with Crippen LogP contribution in [-0.2, 0) is 19.3 Å². The van der Waals surface area contributed by atoms with Gasteiger partial charge in [-0.25, -0.2) is 0 Å². The van der Waals surface area contributed by atoms with E-state index in [-0.39, 0.29) is 0 Å². The Morgan fingerprint density at radius 3 is 2.15 bits per heavy atom. The Balaban J connectivity index is 1.86. The summed E-state index contributed by atoms with van der Waals surface area (Å²) >= 11 is 0. The predicted octanol–water partition coefficient (Wildman–Crippen LogP) is 7.81. The smallest absolute Gasteiger partial charge is 0.0964 e. The van der Waals surface area contributed by atoms with Gasteiger partial charge in [-0.15, -0.1) is 0 Å². The summed E-state index contributed by atoms with van der Waals surface area (Å²) in [6.45, 7) is 8.55. The summed E-state index contributed by atoms with van der Waals surface area (Å²) in [5, 5.41) is 0. The van der Waals surface area contributed by atoms with Gasteiger partial charge in [0.1, 0.15) is 0 Å². The quantitative estimate of drug-likeness (QED) is 0.298. The number of rotatable bonds is 7. The molecule has 2 heteroatoms. The van der Waals surface area contributed by atoms with Crippen LogP contribution in [0.15, 0.2) is 78.9 Å². The van der Waals surface area contributed by atoms with E-state index in [1.54, 1.807) is 0 Å². The summed E-state index contributed by atoms with van der Waals surface area (Å²) in [6.07, 6.45) is 7.19. The van der Waals surface area contributed by atoms with E-state index in [0.29, 0.717) is 0 Å². The molecule has 0 spiro atoms. The van der Waals surface area contributed by atoms with Crippen LogP contribution in [0, 0.1) is 13.8 Å². The third kappa shape index (κ3) is 5.12. The zero-order chi connectivity index (χ0) is 23.2. The van der Waals surface area contributed by atoms with Crippen molar-refractivity contribution in [2.24, 2.45) is 0 Å². The summed E-state index contributed by atoms with van der Waals surface area (Å²) in [4.78, 5) is 10.1. The van der Waals surface area contributed by atoms with Crippen molar-refractivity contribution >= 4 is 6.08 Å². The molecule has 0 aliphatic carbocycles. The third-order valence-electron chi connectivity index (χ3n) is 6.29. The molecule has 33 heavy (non-hydrogen) atoms. The monoisotopic (exact) mass is 432 g/mol. The lowest BCUT2D eigenvalue weighted by atomic mass is 9.92. The second-order valence-corrected chi connectivity index (χ2v) is 8.50. The van der Waals surface area contributed by atoms with E-state index in [2.05, 4.69) is 113 Å². The van der Waals surface area contributed by atoms with Crippen molar-refractivity contribution in [2.75, 3.05) is 0 Å². The van der Waals surface area contributed by atoms with Crippen LogP contribution < -0.4 is 0 Å². The van der Waals surface area contributed by atoms with Gasteiger partial charge < -0.3 is 0 Å². The predicted molar refractivity (Wildman–Crippen MR) is 140 cm³/mol. The van der Waals surface area contributed by atoms with Crippen LogP contribution >= 0.6 is 0 Å². The normalized spacial score (nSPS) is 11.3. The number of aromatic nitrogens is 2. The molecular formula is C31H32N2. The highest BCUT2D eigenvalue weighted by atomic mass is 14.8. The molecule has 0 bridgehead atoms. The summed E-state index contributed by atoms with van der Waals surface area (Å²) in [5.74, 6) is 0. The van der Waals surface area contributed by atoms with Crippen molar-refractivity contribution in [3.63, 3.8) is 0 Å². The van der Waals surface area contributed by atoms with Gasteiger partial charge in [0.05, 0.1) is 11.4 Å². The van der Waals surface area contributed by atoms with Gasteiger partial charge in [0, 0.05) is 17.0 Å². The maximum atomic E-state index is 5.07. The molecule has 0 fully saturated rings. The Kier molecular flexibility index (Phi) is 7.14. The van der Waals surface area contributed by atoms with Gasteiger partial charge in [-0.3, -0.25) is 9.97 Å². The fourth-order valence-electron chi connectivity index (χ4n) is 4.34. The van der Waals surface area contributed by atoms with Crippen molar-refractivity contribution in [1.82, 2.24) is 9.97 Å². The van der Waals surface area contributed by atoms with Gasteiger partial charge in [0.2, 0.25) is 0 Å². The van der Waals surface area contributed by atoms with E-state index in [1.165, 1.54) is 33.4 Å². The Labute approximate surface area is 198 Å². The first-order valence-corrected chi connectivity index (χ1v) is 11.8. The van der Waals surface area contributed by atoms with E-state index in [1.807, 2.05) is 0 Å². The Hall–Kier alpha value is -3.52. The molecule has 0 N–H and O–H groups in total. The van der Waals surface area contributed by atoms with Crippen LogP contribution in [0.2, 0.25) is 0 Å². The first kappa shape index (κ1) is 22.7. The molecule has 4 aromatic rings. The van der Waals surface area contributed by atoms with Crippen LogP contribution in [-0.4, -0.2) is 9.97 Å². The molecule has 166 valence electrons. The topological polar surface area (TPSA) is 25.8 Å². The molecule has 0 unspecified atom stereocenters. The standard InChI is InChI=1S/C31H32N2/c1-5-13-29-28(19-18-24-14-9-7-10-15-24)22(3)23(4)32-31(29)30-21-26(20-27(6-2)33-30)25-16-11-8-12-17-25/h5,7-17,20-21H,6,18-19H2,1-4H3/b13-5-. The minimum Gasteiger partial charge on any atom is -0.251 e. The number of benzene rings is 2. The third-order valence-corrected chi connectivity index (χ3v) is 6.29. The molecular weight excluding hydrogens is 400 g/mol. The van der Waals surface area contributed by atoms with E-state index < -0.39 is 0 Å². The molecule has 0 radical (unpaired) electrons. The largest absolute Gasteiger partial charge is 0.251 e. The van der Waals surface area contributed by atoms with Crippen molar-refractivity contribution in [3.05, 3.63) is 113 Å².